The van der Waals surface area contributed by atoms with Crippen molar-refractivity contribution >= 4 is 15.2 Å². The Kier molecular flexibility index (Phi) is 9.03. The molecule has 0 spiro atoms. The number of rotatable bonds is 4. The summed E-state index contributed by atoms with van der Waals surface area (Å²) in [6.45, 7) is -1.08. The third-order valence-electron chi connectivity index (χ3n) is 1.86. The molecule has 9 nitrogen and oxygen atoms in total. The van der Waals surface area contributed by atoms with E-state index in [2.05, 4.69) is 4.98 Å². The van der Waals surface area contributed by atoms with Crippen molar-refractivity contribution in [2.45, 2.75) is 11.6 Å². The fourth-order valence-corrected chi connectivity index (χ4v) is 2.93. The number of aliphatic hydroxyl groups is 1. The maximum absolute atomic E-state index is 10.8. The molecule has 2 unspecified atom stereocenters. The molecule has 0 amide bonds. The Morgan fingerprint density at radius 3 is 1.94 bits per heavy atom. The normalized spacial score (nSPS) is 20.5. The van der Waals surface area contributed by atoms with Crippen LogP contribution < -0.4 is 68.9 Å². The van der Waals surface area contributed by atoms with Gasteiger partial charge in [-0.25, -0.2) is 4.98 Å². The summed E-state index contributed by atoms with van der Waals surface area (Å²) in [5.74, 6) is 0. The molecule has 0 aromatic carbocycles. The Morgan fingerprint density at radius 2 is 1.67 bits per heavy atom. The molecule has 0 aliphatic heterocycles. The summed E-state index contributed by atoms with van der Waals surface area (Å²) in [7, 11) is -11.4. The second-order valence-electron chi connectivity index (χ2n) is 3.05. The van der Waals surface area contributed by atoms with Crippen molar-refractivity contribution in [1.29, 1.82) is 0 Å². The van der Waals surface area contributed by atoms with Gasteiger partial charge < -0.3 is 38.4 Å². The van der Waals surface area contributed by atoms with Crippen LogP contribution in [0.3, 0.4) is 0 Å². The molecule has 0 aliphatic carbocycles. The van der Waals surface area contributed by atoms with Gasteiger partial charge in [0.1, 0.15) is 0 Å². The summed E-state index contributed by atoms with van der Waals surface area (Å²) in [4.78, 5) is 42.4. The molecule has 2 atom stereocenters. The van der Waals surface area contributed by atoms with E-state index in [1.54, 1.807) is 0 Å². The third-order valence-corrected chi connectivity index (χ3v) is 5.47. The van der Waals surface area contributed by atoms with Crippen molar-refractivity contribution in [1.82, 2.24) is 9.55 Å². The van der Waals surface area contributed by atoms with Crippen LogP contribution in [0.15, 0.2) is 18.7 Å². The van der Waals surface area contributed by atoms with E-state index in [0.29, 0.717) is 0 Å². The summed E-state index contributed by atoms with van der Waals surface area (Å²) in [6.07, 6.45) is 3.35. The molecule has 18 heavy (non-hydrogen) atoms. The summed E-state index contributed by atoms with van der Waals surface area (Å²) in [6, 6.07) is 0. The molecule has 0 aliphatic rings. The van der Waals surface area contributed by atoms with Gasteiger partial charge in [-0.3, -0.25) is 0 Å². The Labute approximate surface area is 147 Å². The fourth-order valence-electron chi connectivity index (χ4n) is 0.964. The van der Waals surface area contributed by atoms with Gasteiger partial charge in [-0.15, -0.1) is 0 Å². The molecule has 0 saturated heterocycles. The van der Waals surface area contributed by atoms with E-state index in [4.69, 9.17) is 9.79 Å². The first-order valence-electron chi connectivity index (χ1n) is 3.84. The zero-order valence-corrected chi connectivity index (χ0v) is 15.5. The van der Waals surface area contributed by atoms with Gasteiger partial charge in [-0.05, 0) is 0 Å². The molecule has 3 N–H and O–H groups in total. The Bertz CT molecular complexity index is 432. The molecule has 0 bridgehead atoms. The summed E-state index contributed by atoms with van der Waals surface area (Å²) in [5, 5.41) is 5.69. The molecule has 1 heterocycles. The zero-order valence-electron chi connectivity index (χ0n) is 9.70. The predicted molar refractivity (Wildman–Crippen MR) is 46.8 cm³/mol. The second-order valence-corrected chi connectivity index (χ2v) is 6.96. The number of aromatic nitrogens is 2. The minimum Gasteiger partial charge on any atom is -0.776 e. The van der Waals surface area contributed by atoms with Crippen LogP contribution in [0.4, 0.5) is 0 Å². The average Bonchev–Trinajstić information content (AvgIpc) is 2.52. The second kappa shape index (κ2) is 7.47. The quantitative estimate of drug-likeness (QED) is 0.365. The van der Waals surface area contributed by atoms with Crippen molar-refractivity contribution in [3.05, 3.63) is 18.7 Å². The molecule has 0 saturated carbocycles. The van der Waals surface area contributed by atoms with Gasteiger partial charge in [0.2, 0.25) is 5.08 Å². The molecule has 1 aromatic heterocycles. The van der Waals surface area contributed by atoms with Crippen LogP contribution in [-0.4, -0.2) is 29.5 Å². The SMILES string of the molecule is O=P([O-])(O)C(O)(Cn1ccnc1)P(=O)([O-])O.[Na+].[Na+]. The Balaban J connectivity index is 0. The molecule has 13 heteroatoms. The van der Waals surface area contributed by atoms with Gasteiger partial charge in [0, 0.05) is 12.4 Å². The van der Waals surface area contributed by atoms with E-state index < -0.39 is 26.8 Å². The molecular formula is C5H8N2Na2O7P2. The minimum absolute atomic E-state index is 0. The Morgan fingerprint density at radius 1 is 1.22 bits per heavy atom. The first-order chi connectivity index (χ1) is 7.08. The number of hydrogen-bond donors (Lipinski definition) is 3. The minimum atomic E-state index is -5.72. The largest absolute Gasteiger partial charge is 1.00 e. The summed E-state index contributed by atoms with van der Waals surface area (Å²) >= 11 is 0. The maximum atomic E-state index is 10.8. The van der Waals surface area contributed by atoms with Crippen molar-refractivity contribution in [3.8, 4) is 0 Å². The van der Waals surface area contributed by atoms with E-state index in [9.17, 15) is 24.0 Å². The first-order valence-corrected chi connectivity index (χ1v) is 6.99. The van der Waals surface area contributed by atoms with Gasteiger partial charge in [0.25, 0.3) is 0 Å². The molecular weight excluding hydrogens is 308 g/mol. The number of hydrogen-bond acceptors (Lipinski definition) is 6. The van der Waals surface area contributed by atoms with Crippen LogP contribution in [0.1, 0.15) is 0 Å². The number of imidazole rings is 1. The summed E-state index contributed by atoms with van der Waals surface area (Å²) in [5.41, 5.74) is 0. The first kappa shape index (κ1) is 21.8. The zero-order chi connectivity index (χ0) is 12.6. The molecule has 0 radical (unpaired) electrons. The summed E-state index contributed by atoms with van der Waals surface area (Å²) < 4.78 is 22.5. The van der Waals surface area contributed by atoms with Crippen LogP contribution >= 0.6 is 15.2 Å². The van der Waals surface area contributed by atoms with Crippen molar-refractivity contribution in [2.24, 2.45) is 0 Å². The average molecular weight is 316 g/mol. The van der Waals surface area contributed by atoms with Crippen LogP contribution in [0.5, 0.6) is 0 Å². The third kappa shape index (κ3) is 4.79. The van der Waals surface area contributed by atoms with Crippen LogP contribution in [0.25, 0.3) is 0 Å². The van der Waals surface area contributed by atoms with E-state index in [1.807, 2.05) is 0 Å². The van der Waals surface area contributed by atoms with Crippen LogP contribution in [0, 0.1) is 0 Å². The van der Waals surface area contributed by atoms with Crippen LogP contribution in [0.2, 0.25) is 0 Å². The van der Waals surface area contributed by atoms with E-state index in [1.165, 1.54) is 6.20 Å². The van der Waals surface area contributed by atoms with Crippen molar-refractivity contribution in [3.63, 3.8) is 0 Å². The smallest absolute Gasteiger partial charge is 0.776 e. The topological polar surface area (TPSA) is 159 Å². The predicted octanol–water partition coefficient (Wildman–Crippen LogP) is -8.37. The van der Waals surface area contributed by atoms with Gasteiger partial charge in [-0.1, -0.05) is 0 Å². The fraction of sp³-hybridized carbons (Fsp3) is 0.400. The van der Waals surface area contributed by atoms with Crippen molar-refractivity contribution < 1.29 is 92.9 Å². The molecule has 0 fully saturated rings. The monoisotopic (exact) mass is 316 g/mol. The number of nitrogens with zero attached hydrogens (tertiary/aromatic N) is 2. The van der Waals surface area contributed by atoms with Gasteiger partial charge in [0.05, 0.1) is 12.9 Å². The Hall–Kier alpha value is 1.47. The molecule has 92 valence electrons. The van der Waals surface area contributed by atoms with E-state index in [0.717, 1.165) is 17.1 Å². The van der Waals surface area contributed by atoms with Crippen LogP contribution in [-0.2, 0) is 15.7 Å². The molecule has 1 aromatic rings. The van der Waals surface area contributed by atoms with Crippen molar-refractivity contribution in [2.75, 3.05) is 0 Å². The van der Waals surface area contributed by atoms with Gasteiger partial charge in [-0.2, -0.15) is 0 Å². The standard InChI is InChI=1S/C5H10N2O7P2.2Na/c8-5(15(9,10)11,16(12,13)14)3-7-2-1-6-4-7;;/h1-2,4,8H,3H2,(H2,9,10,11)(H2,12,13,14);;/q;2*+1/p-2. The van der Waals surface area contributed by atoms with E-state index in [-0.39, 0.29) is 59.1 Å². The maximum Gasteiger partial charge on any atom is 1.00 e. The van der Waals surface area contributed by atoms with Gasteiger partial charge in [0.15, 0.2) is 15.2 Å². The van der Waals surface area contributed by atoms with Gasteiger partial charge >= 0.3 is 59.1 Å². The van der Waals surface area contributed by atoms with E-state index >= 15 is 0 Å². The molecule has 1 rings (SSSR count).